The quantitative estimate of drug-likeness (QED) is 0.331. The molecule has 0 saturated heterocycles. The van der Waals surface area contributed by atoms with Crippen LogP contribution in [0.5, 0.6) is 17.2 Å². The van der Waals surface area contributed by atoms with Crippen LogP contribution < -0.4 is 19.0 Å². The second kappa shape index (κ2) is 11.6. The number of rotatable bonds is 9. The average Bonchev–Trinajstić information content (AvgIpc) is 2.87. The molecule has 0 spiro atoms. The Morgan fingerprint density at radius 3 is 2.18 bits per heavy atom. The molecule has 0 unspecified atom stereocenters. The lowest BCUT2D eigenvalue weighted by Crippen LogP contribution is -2.39. The Balaban J connectivity index is 1.72. The van der Waals surface area contributed by atoms with Gasteiger partial charge in [0.15, 0.2) is 0 Å². The summed E-state index contributed by atoms with van der Waals surface area (Å²) in [6.07, 6.45) is -4.69. The maximum Gasteiger partial charge on any atom is 0.416 e. The standard InChI is InChI=1S/C26H27F3N2O6S/c1-17(2)31(25(32)30-23-13-12-21(35-3)15-24(23)36-4)16-18-8-10-20(11-9-18)37-38(33,34)22-7-5-6-19(14-22)26(27,28)29/h5-15,17H,16H2,1-4H3,(H,30,32). The second-order valence-electron chi connectivity index (χ2n) is 8.43. The SMILES string of the molecule is COc1ccc(NC(=O)N(Cc2ccc(OS(=O)(=O)c3cccc(C(F)(F)F)c3)cc2)C(C)C)c(OC)c1. The van der Waals surface area contributed by atoms with E-state index in [4.69, 9.17) is 13.7 Å². The van der Waals surface area contributed by atoms with Crippen molar-refractivity contribution >= 4 is 21.8 Å². The number of halogens is 3. The van der Waals surface area contributed by atoms with E-state index in [1.165, 1.54) is 26.4 Å². The van der Waals surface area contributed by atoms with Crippen molar-refractivity contribution in [1.82, 2.24) is 4.90 Å². The average molecular weight is 553 g/mol. The van der Waals surface area contributed by atoms with Crippen molar-refractivity contribution in [3.63, 3.8) is 0 Å². The summed E-state index contributed by atoms with van der Waals surface area (Å²) in [5.74, 6) is 0.900. The zero-order valence-corrected chi connectivity index (χ0v) is 21.9. The molecule has 0 radical (unpaired) electrons. The molecule has 12 heteroatoms. The fraction of sp³-hybridized carbons (Fsp3) is 0.269. The number of hydrogen-bond acceptors (Lipinski definition) is 6. The van der Waals surface area contributed by atoms with Crippen molar-refractivity contribution in [2.24, 2.45) is 0 Å². The molecule has 8 nitrogen and oxygen atoms in total. The summed E-state index contributed by atoms with van der Waals surface area (Å²) in [5.41, 5.74) is 0.0173. The first-order chi connectivity index (χ1) is 17.8. The third-order valence-electron chi connectivity index (χ3n) is 5.47. The molecule has 204 valence electrons. The third-order valence-corrected chi connectivity index (χ3v) is 6.71. The van der Waals surface area contributed by atoms with Gasteiger partial charge in [-0.05, 0) is 61.9 Å². The first kappa shape index (κ1) is 28.6. The summed E-state index contributed by atoms with van der Waals surface area (Å²) >= 11 is 0. The van der Waals surface area contributed by atoms with Crippen LogP contribution in [0.2, 0.25) is 0 Å². The van der Waals surface area contributed by atoms with E-state index in [2.05, 4.69) is 5.32 Å². The van der Waals surface area contributed by atoms with Crippen LogP contribution in [0.3, 0.4) is 0 Å². The normalized spacial score (nSPS) is 11.7. The van der Waals surface area contributed by atoms with Gasteiger partial charge in [0.05, 0.1) is 25.5 Å². The predicted molar refractivity (Wildman–Crippen MR) is 135 cm³/mol. The molecule has 0 aliphatic heterocycles. The Labute approximate surface area is 219 Å². The lowest BCUT2D eigenvalue weighted by Gasteiger charge is -2.27. The van der Waals surface area contributed by atoms with Crippen LogP contribution in [-0.4, -0.2) is 39.6 Å². The van der Waals surface area contributed by atoms with E-state index in [1.807, 2.05) is 13.8 Å². The third kappa shape index (κ3) is 7.09. The van der Waals surface area contributed by atoms with E-state index in [-0.39, 0.29) is 18.3 Å². The van der Waals surface area contributed by atoms with Gasteiger partial charge in [0.25, 0.3) is 0 Å². The summed E-state index contributed by atoms with van der Waals surface area (Å²) in [4.78, 5) is 14.0. The van der Waals surface area contributed by atoms with Gasteiger partial charge in [0, 0.05) is 18.7 Å². The van der Waals surface area contributed by atoms with E-state index >= 15 is 0 Å². The molecule has 0 bridgehead atoms. The number of hydrogen-bond donors (Lipinski definition) is 1. The van der Waals surface area contributed by atoms with Gasteiger partial charge in [-0.2, -0.15) is 21.6 Å². The number of urea groups is 1. The number of carbonyl (C=O) groups is 1. The minimum absolute atomic E-state index is 0.0883. The highest BCUT2D eigenvalue weighted by Crippen LogP contribution is 2.32. The number of amides is 2. The van der Waals surface area contributed by atoms with E-state index < -0.39 is 32.8 Å². The van der Waals surface area contributed by atoms with Gasteiger partial charge in [0.2, 0.25) is 0 Å². The fourth-order valence-electron chi connectivity index (χ4n) is 3.43. The van der Waals surface area contributed by atoms with Gasteiger partial charge in [0.1, 0.15) is 22.1 Å². The molecule has 2 amide bonds. The second-order valence-corrected chi connectivity index (χ2v) is 9.97. The Morgan fingerprint density at radius 2 is 1.61 bits per heavy atom. The van der Waals surface area contributed by atoms with Crippen molar-refractivity contribution in [1.29, 1.82) is 0 Å². The van der Waals surface area contributed by atoms with Crippen molar-refractivity contribution in [2.75, 3.05) is 19.5 Å². The van der Waals surface area contributed by atoms with Gasteiger partial charge in [-0.1, -0.05) is 18.2 Å². The monoisotopic (exact) mass is 552 g/mol. The zero-order chi connectivity index (χ0) is 28.1. The number of nitrogens with one attached hydrogen (secondary N) is 1. The maximum atomic E-state index is 13.0. The van der Waals surface area contributed by atoms with Gasteiger partial charge in [-0.15, -0.1) is 0 Å². The van der Waals surface area contributed by atoms with Crippen LogP contribution in [0.25, 0.3) is 0 Å². The maximum absolute atomic E-state index is 13.0. The van der Waals surface area contributed by atoms with E-state index in [0.717, 1.165) is 18.2 Å². The van der Waals surface area contributed by atoms with Gasteiger partial charge in [-0.25, -0.2) is 4.79 Å². The molecule has 1 N–H and O–H groups in total. The highest BCUT2D eigenvalue weighted by atomic mass is 32.2. The number of alkyl halides is 3. The van der Waals surface area contributed by atoms with Gasteiger partial charge < -0.3 is 23.9 Å². The number of methoxy groups -OCH3 is 2. The minimum Gasteiger partial charge on any atom is -0.497 e. The van der Waals surface area contributed by atoms with Gasteiger partial charge in [-0.3, -0.25) is 0 Å². The van der Waals surface area contributed by atoms with Crippen LogP contribution in [-0.2, 0) is 22.8 Å². The van der Waals surface area contributed by atoms with Gasteiger partial charge >= 0.3 is 22.3 Å². The molecular weight excluding hydrogens is 525 g/mol. The van der Waals surface area contributed by atoms with Crippen LogP contribution in [0.4, 0.5) is 23.7 Å². The summed E-state index contributed by atoms with van der Waals surface area (Å²) in [6.45, 7) is 3.86. The van der Waals surface area contributed by atoms with E-state index in [9.17, 15) is 26.4 Å². The molecular formula is C26H27F3N2O6S. The van der Waals surface area contributed by atoms with Crippen LogP contribution in [0.15, 0.2) is 71.6 Å². The fourth-order valence-corrected chi connectivity index (χ4v) is 4.40. The van der Waals surface area contributed by atoms with E-state index in [1.54, 1.807) is 35.2 Å². The van der Waals surface area contributed by atoms with Crippen molar-refractivity contribution in [2.45, 2.75) is 37.5 Å². The highest BCUT2D eigenvalue weighted by molar-refractivity contribution is 7.87. The van der Waals surface area contributed by atoms with Crippen molar-refractivity contribution in [3.8, 4) is 17.2 Å². The molecule has 0 saturated carbocycles. The highest BCUT2D eigenvalue weighted by Gasteiger charge is 2.32. The molecule has 0 aliphatic carbocycles. The molecule has 0 atom stereocenters. The predicted octanol–water partition coefficient (Wildman–Crippen LogP) is 5.93. The molecule has 0 heterocycles. The van der Waals surface area contributed by atoms with Crippen molar-refractivity contribution < 1.29 is 40.0 Å². The molecule has 38 heavy (non-hydrogen) atoms. The van der Waals surface area contributed by atoms with Crippen LogP contribution in [0, 0.1) is 0 Å². The largest absolute Gasteiger partial charge is 0.497 e. The lowest BCUT2D eigenvalue weighted by atomic mass is 10.2. The number of ether oxygens (including phenoxy) is 2. The molecule has 0 aliphatic rings. The number of benzene rings is 3. The van der Waals surface area contributed by atoms with Crippen molar-refractivity contribution in [3.05, 3.63) is 77.9 Å². The topological polar surface area (TPSA) is 94.2 Å². The molecule has 3 rings (SSSR count). The summed E-state index contributed by atoms with van der Waals surface area (Å²) < 4.78 is 79.4. The van der Waals surface area contributed by atoms with Crippen LogP contribution in [0.1, 0.15) is 25.0 Å². The number of carbonyl (C=O) groups excluding carboxylic acids is 1. The number of nitrogens with zero attached hydrogens (tertiary/aromatic N) is 1. The molecule has 0 fully saturated rings. The molecule has 3 aromatic carbocycles. The Kier molecular flexibility index (Phi) is 8.77. The minimum atomic E-state index is -4.69. The Bertz CT molecular complexity index is 1380. The molecule has 0 aromatic heterocycles. The summed E-state index contributed by atoms with van der Waals surface area (Å²) in [7, 11) is -1.51. The van der Waals surface area contributed by atoms with Crippen LogP contribution >= 0.6 is 0 Å². The first-order valence-electron chi connectivity index (χ1n) is 11.3. The Morgan fingerprint density at radius 1 is 0.947 bits per heavy atom. The smallest absolute Gasteiger partial charge is 0.416 e. The summed E-state index contributed by atoms with van der Waals surface area (Å²) in [6, 6.07) is 13.6. The summed E-state index contributed by atoms with van der Waals surface area (Å²) in [5, 5.41) is 2.81. The molecule has 3 aromatic rings. The van der Waals surface area contributed by atoms with E-state index in [0.29, 0.717) is 28.8 Å². The first-order valence-corrected chi connectivity index (χ1v) is 12.7. The number of anilines is 1. The lowest BCUT2D eigenvalue weighted by molar-refractivity contribution is -0.137. The Hall–Kier alpha value is -3.93. The zero-order valence-electron chi connectivity index (χ0n) is 21.1.